The van der Waals surface area contributed by atoms with E-state index in [1.54, 1.807) is 38.1 Å². The number of aromatic nitrogens is 2. The minimum Gasteiger partial charge on any atom is -0.348 e. The van der Waals surface area contributed by atoms with Gasteiger partial charge in [0.05, 0.1) is 28.9 Å². The highest BCUT2D eigenvalue weighted by molar-refractivity contribution is 7.92. The molecular weight excluding hydrogens is 414 g/mol. The number of para-hydroxylation sites is 1. The standard InChI is InChI=1S/C20H20F2N4O3S/c1-12-19(13(2)26(24-12)18-9-8-15(21)10-16(18)22)20(27)23-11-14-6-4-5-7-17(14)25-30(3,28)29/h4-10,25H,11H2,1-3H3,(H,23,27). The molecule has 0 saturated carbocycles. The summed E-state index contributed by atoms with van der Waals surface area (Å²) in [5.74, 6) is -1.96. The first-order chi connectivity index (χ1) is 14.1. The first-order valence-corrected chi connectivity index (χ1v) is 10.8. The maximum atomic E-state index is 14.1. The Labute approximate surface area is 172 Å². The van der Waals surface area contributed by atoms with Gasteiger partial charge in [0.2, 0.25) is 10.0 Å². The number of hydrogen-bond acceptors (Lipinski definition) is 4. The van der Waals surface area contributed by atoms with Gasteiger partial charge < -0.3 is 5.32 Å². The van der Waals surface area contributed by atoms with E-state index in [2.05, 4.69) is 15.1 Å². The van der Waals surface area contributed by atoms with Gasteiger partial charge in [-0.1, -0.05) is 18.2 Å². The zero-order valence-electron chi connectivity index (χ0n) is 16.5. The number of nitrogens with zero attached hydrogens (tertiary/aromatic N) is 2. The minimum absolute atomic E-state index is 0.0266. The lowest BCUT2D eigenvalue weighted by Gasteiger charge is -2.12. The fourth-order valence-corrected chi connectivity index (χ4v) is 3.70. The Morgan fingerprint density at radius 1 is 1.13 bits per heavy atom. The second kappa shape index (κ2) is 8.23. The average molecular weight is 434 g/mol. The van der Waals surface area contributed by atoms with Crippen LogP contribution in [0, 0.1) is 25.5 Å². The molecule has 3 aromatic rings. The Balaban J connectivity index is 1.85. The minimum atomic E-state index is -3.48. The molecule has 0 aliphatic heterocycles. The maximum Gasteiger partial charge on any atom is 0.255 e. The van der Waals surface area contributed by atoms with Crippen LogP contribution in [-0.4, -0.2) is 30.4 Å². The van der Waals surface area contributed by atoms with Gasteiger partial charge in [0.1, 0.15) is 11.5 Å². The molecule has 7 nitrogen and oxygen atoms in total. The van der Waals surface area contributed by atoms with Crippen molar-refractivity contribution in [1.29, 1.82) is 0 Å². The van der Waals surface area contributed by atoms with E-state index in [1.807, 2.05) is 0 Å². The fraction of sp³-hybridized carbons (Fsp3) is 0.200. The Kier molecular flexibility index (Phi) is 5.88. The van der Waals surface area contributed by atoms with Gasteiger partial charge in [-0.25, -0.2) is 21.9 Å². The first-order valence-electron chi connectivity index (χ1n) is 8.92. The summed E-state index contributed by atoms with van der Waals surface area (Å²) in [6, 6.07) is 9.78. The van der Waals surface area contributed by atoms with Gasteiger partial charge in [-0.15, -0.1) is 0 Å². The summed E-state index contributed by atoms with van der Waals surface area (Å²) in [5, 5.41) is 6.95. The summed E-state index contributed by atoms with van der Waals surface area (Å²) in [4.78, 5) is 12.8. The number of carbonyl (C=O) groups excluding carboxylic acids is 1. The highest BCUT2D eigenvalue weighted by Gasteiger charge is 2.21. The number of rotatable bonds is 6. The average Bonchev–Trinajstić information content (AvgIpc) is 2.93. The van der Waals surface area contributed by atoms with Gasteiger partial charge in [-0.05, 0) is 37.6 Å². The zero-order valence-corrected chi connectivity index (χ0v) is 17.3. The molecule has 0 aliphatic rings. The number of anilines is 1. The second-order valence-corrected chi connectivity index (χ2v) is 8.52. The van der Waals surface area contributed by atoms with E-state index in [-0.39, 0.29) is 17.8 Å². The summed E-state index contributed by atoms with van der Waals surface area (Å²) >= 11 is 0. The number of hydrogen-bond donors (Lipinski definition) is 2. The van der Waals surface area contributed by atoms with Crippen LogP contribution in [-0.2, 0) is 16.6 Å². The smallest absolute Gasteiger partial charge is 0.255 e. The third kappa shape index (κ3) is 4.65. The van der Waals surface area contributed by atoms with Gasteiger partial charge in [0.25, 0.3) is 5.91 Å². The van der Waals surface area contributed by atoms with Gasteiger partial charge in [0.15, 0.2) is 5.82 Å². The molecule has 30 heavy (non-hydrogen) atoms. The number of sulfonamides is 1. The van der Waals surface area contributed by atoms with E-state index in [4.69, 9.17) is 0 Å². The second-order valence-electron chi connectivity index (χ2n) is 6.77. The SMILES string of the molecule is Cc1nn(-c2ccc(F)cc2F)c(C)c1C(=O)NCc1ccccc1NS(C)(=O)=O. The number of carbonyl (C=O) groups is 1. The third-order valence-corrected chi connectivity index (χ3v) is 5.00. The molecule has 0 unspecified atom stereocenters. The van der Waals surface area contributed by atoms with Crippen LogP contribution >= 0.6 is 0 Å². The molecule has 0 fully saturated rings. The van der Waals surface area contributed by atoms with Crippen molar-refractivity contribution in [2.45, 2.75) is 20.4 Å². The largest absolute Gasteiger partial charge is 0.348 e. The van der Waals surface area contributed by atoms with Crippen LogP contribution in [0.1, 0.15) is 27.3 Å². The van der Waals surface area contributed by atoms with Crippen LogP contribution in [0.25, 0.3) is 5.69 Å². The molecule has 1 amide bonds. The number of amides is 1. The van der Waals surface area contributed by atoms with Crippen molar-refractivity contribution < 1.29 is 22.0 Å². The summed E-state index contributed by atoms with van der Waals surface area (Å²) < 4.78 is 54.0. The van der Waals surface area contributed by atoms with Crippen molar-refractivity contribution in [3.05, 3.63) is 76.6 Å². The molecule has 1 heterocycles. The van der Waals surface area contributed by atoms with Gasteiger partial charge >= 0.3 is 0 Å². The predicted molar refractivity (Wildman–Crippen MR) is 109 cm³/mol. The van der Waals surface area contributed by atoms with Crippen LogP contribution < -0.4 is 10.0 Å². The van der Waals surface area contributed by atoms with Gasteiger partial charge in [0, 0.05) is 12.6 Å². The normalized spacial score (nSPS) is 11.4. The monoisotopic (exact) mass is 434 g/mol. The summed E-state index contributed by atoms with van der Waals surface area (Å²) in [6.45, 7) is 3.28. The number of aryl methyl sites for hydroxylation is 1. The Bertz CT molecular complexity index is 1220. The molecule has 3 rings (SSSR count). The first kappa shape index (κ1) is 21.4. The number of nitrogens with one attached hydrogen (secondary N) is 2. The molecule has 0 radical (unpaired) electrons. The molecule has 2 aromatic carbocycles. The molecular formula is C20H20F2N4O3S. The highest BCUT2D eigenvalue weighted by atomic mass is 32.2. The Hall–Kier alpha value is -3.27. The van der Waals surface area contributed by atoms with E-state index in [0.29, 0.717) is 22.6 Å². The van der Waals surface area contributed by atoms with Crippen LogP contribution in [0.15, 0.2) is 42.5 Å². The number of halogens is 2. The van der Waals surface area contributed by atoms with E-state index in [0.717, 1.165) is 18.4 Å². The van der Waals surface area contributed by atoms with Crippen molar-refractivity contribution in [2.75, 3.05) is 11.0 Å². The van der Waals surface area contributed by atoms with Crippen molar-refractivity contribution >= 4 is 21.6 Å². The van der Waals surface area contributed by atoms with E-state index >= 15 is 0 Å². The quantitative estimate of drug-likeness (QED) is 0.624. The lowest BCUT2D eigenvalue weighted by Crippen LogP contribution is -2.25. The van der Waals surface area contributed by atoms with Crippen LogP contribution in [0.5, 0.6) is 0 Å². The maximum absolute atomic E-state index is 14.1. The molecule has 0 atom stereocenters. The molecule has 0 saturated heterocycles. The van der Waals surface area contributed by atoms with Gasteiger partial charge in [-0.2, -0.15) is 5.10 Å². The lowest BCUT2D eigenvalue weighted by atomic mass is 10.1. The molecule has 0 aliphatic carbocycles. The van der Waals surface area contributed by atoms with Crippen molar-refractivity contribution in [1.82, 2.24) is 15.1 Å². The third-order valence-electron chi connectivity index (χ3n) is 4.41. The summed E-state index contributed by atoms with van der Waals surface area (Å²) in [6.07, 6.45) is 1.04. The highest BCUT2D eigenvalue weighted by Crippen LogP contribution is 2.21. The van der Waals surface area contributed by atoms with E-state index in [1.165, 1.54) is 10.7 Å². The van der Waals surface area contributed by atoms with Crippen LogP contribution in [0.3, 0.4) is 0 Å². The Morgan fingerprint density at radius 2 is 1.83 bits per heavy atom. The molecule has 0 bridgehead atoms. The molecule has 1 aromatic heterocycles. The Morgan fingerprint density at radius 3 is 2.50 bits per heavy atom. The lowest BCUT2D eigenvalue weighted by molar-refractivity contribution is 0.0949. The molecule has 0 spiro atoms. The van der Waals surface area contributed by atoms with Crippen LogP contribution in [0.4, 0.5) is 14.5 Å². The molecule has 10 heteroatoms. The van der Waals surface area contributed by atoms with E-state index in [9.17, 15) is 22.0 Å². The van der Waals surface area contributed by atoms with Gasteiger partial charge in [-0.3, -0.25) is 9.52 Å². The van der Waals surface area contributed by atoms with E-state index < -0.39 is 27.6 Å². The topological polar surface area (TPSA) is 93.1 Å². The van der Waals surface area contributed by atoms with Crippen molar-refractivity contribution in [2.24, 2.45) is 0 Å². The molecule has 158 valence electrons. The summed E-state index contributed by atoms with van der Waals surface area (Å²) in [7, 11) is -3.48. The molecule has 2 N–H and O–H groups in total. The van der Waals surface area contributed by atoms with Crippen molar-refractivity contribution in [3.63, 3.8) is 0 Å². The zero-order chi connectivity index (χ0) is 22.1. The number of benzene rings is 2. The predicted octanol–water partition coefficient (Wildman–Crippen LogP) is 3.07. The summed E-state index contributed by atoms with van der Waals surface area (Å²) in [5.41, 5.74) is 1.97. The van der Waals surface area contributed by atoms with Crippen molar-refractivity contribution in [3.8, 4) is 5.69 Å². The fourth-order valence-electron chi connectivity index (χ4n) is 3.10. The van der Waals surface area contributed by atoms with Crippen LogP contribution in [0.2, 0.25) is 0 Å².